The predicted molar refractivity (Wildman–Crippen MR) is 118 cm³/mol. The molecule has 8 heteroatoms. The monoisotopic (exact) mass is 437 g/mol. The summed E-state index contributed by atoms with van der Waals surface area (Å²) in [7, 11) is 0. The molecule has 0 saturated heterocycles. The van der Waals surface area contributed by atoms with Crippen LogP contribution >= 0.6 is 22.9 Å². The second-order valence-electron chi connectivity index (χ2n) is 6.26. The molecule has 0 N–H and O–H groups in total. The average Bonchev–Trinajstić information content (AvgIpc) is 3.18. The molecule has 0 spiro atoms. The summed E-state index contributed by atoms with van der Waals surface area (Å²) in [5.74, 6) is -0.369. The summed E-state index contributed by atoms with van der Waals surface area (Å²) in [6.07, 6.45) is 1.43. The molecule has 0 aliphatic carbocycles. The van der Waals surface area contributed by atoms with Crippen molar-refractivity contribution in [1.29, 1.82) is 0 Å². The van der Waals surface area contributed by atoms with Crippen LogP contribution in [0.2, 0.25) is 5.02 Å². The first kappa shape index (κ1) is 19.9. The molecule has 0 aliphatic heterocycles. The Kier molecular flexibility index (Phi) is 5.65. The molecule has 0 amide bonds. The van der Waals surface area contributed by atoms with Crippen LogP contribution in [0.4, 0.5) is 15.2 Å². The molecule has 30 heavy (non-hydrogen) atoms. The second kappa shape index (κ2) is 8.52. The third-order valence-corrected chi connectivity index (χ3v) is 5.56. The lowest BCUT2D eigenvalue weighted by atomic mass is 10.1. The smallest absolute Gasteiger partial charge is 0.258 e. The van der Waals surface area contributed by atoms with Gasteiger partial charge in [0.05, 0.1) is 15.5 Å². The summed E-state index contributed by atoms with van der Waals surface area (Å²) in [5.41, 5.74) is 2.64. The Labute approximate surface area is 180 Å². The second-order valence-corrected chi connectivity index (χ2v) is 7.68. The average molecular weight is 438 g/mol. The molecule has 1 heterocycles. The van der Waals surface area contributed by atoms with Gasteiger partial charge in [-0.15, -0.1) is 0 Å². The number of nitro benzene ring substituents is 1. The van der Waals surface area contributed by atoms with Crippen molar-refractivity contribution >= 4 is 40.0 Å². The van der Waals surface area contributed by atoms with Crippen LogP contribution in [-0.4, -0.2) is 16.1 Å². The van der Waals surface area contributed by atoms with E-state index in [0.717, 1.165) is 16.0 Å². The van der Waals surface area contributed by atoms with Crippen molar-refractivity contribution in [3.8, 4) is 21.7 Å². The van der Waals surface area contributed by atoms with Gasteiger partial charge >= 0.3 is 0 Å². The number of aromatic nitrogens is 1. The molecule has 3 aromatic carbocycles. The lowest BCUT2D eigenvalue weighted by Crippen LogP contribution is -1.87. The first-order valence-corrected chi connectivity index (χ1v) is 10.0. The predicted octanol–water partition coefficient (Wildman–Crippen LogP) is 6.93. The lowest BCUT2D eigenvalue weighted by molar-refractivity contribution is -0.384. The maximum Gasteiger partial charge on any atom is 0.269 e. The van der Waals surface area contributed by atoms with Crippen LogP contribution in [0, 0.1) is 15.9 Å². The number of halogens is 2. The summed E-state index contributed by atoms with van der Waals surface area (Å²) in [6, 6.07) is 19.8. The van der Waals surface area contributed by atoms with Gasteiger partial charge in [0.2, 0.25) is 5.13 Å². The van der Waals surface area contributed by atoms with Crippen molar-refractivity contribution in [3.05, 3.63) is 99.3 Å². The minimum atomic E-state index is -0.444. The van der Waals surface area contributed by atoms with Gasteiger partial charge in [-0.05, 0) is 35.9 Å². The van der Waals surface area contributed by atoms with Crippen molar-refractivity contribution in [1.82, 2.24) is 4.98 Å². The first-order valence-electron chi connectivity index (χ1n) is 8.81. The van der Waals surface area contributed by atoms with E-state index in [0.29, 0.717) is 21.4 Å². The molecule has 0 atom stereocenters. The molecular formula is C22H13ClFN3O2S. The van der Waals surface area contributed by atoms with Gasteiger partial charge in [0, 0.05) is 34.5 Å². The fourth-order valence-electron chi connectivity index (χ4n) is 2.80. The van der Waals surface area contributed by atoms with Gasteiger partial charge in [-0.25, -0.2) is 14.4 Å². The molecule has 4 aromatic rings. The molecule has 0 aliphatic rings. The zero-order chi connectivity index (χ0) is 21.1. The van der Waals surface area contributed by atoms with Crippen molar-refractivity contribution < 1.29 is 9.31 Å². The van der Waals surface area contributed by atoms with E-state index in [9.17, 15) is 14.5 Å². The Morgan fingerprint density at radius 2 is 1.67 bits per heavy atom. The van der Waals surface area contributed by atoms with Crippen molar-refractivity contribution in [3.63, 3.8) is 0 Å². The van der Waals surface area contributed by atoms with E-state index in [1.807, 2.05) is 12.1 Å². The van der Waals surface area contributed by atoms with E-state index >= 15 is 0 Å². The Balaban J connectivity index is 1.78. The zero-order valence-corrected chi connectivity index (χ0v) is 16.9. The molecule has 0 radical (unpaired) electrons. The molecule has 0 bridgehead atoms. The summed E-state index contributed by atoms with van der Waals surface area (Å²) in [6.45, 7) is 0. The van der Waals surface area contributed by atoms with Gasteiger partial charge in [0.15, 0.2) is 0 Å². The number of benzene rings is 3. The van der Waals surface area contributed by atoms with E-state index in [4.69, 9.17) is 11.6 Å². The van der Waals surface area contributed by atoms with Gasteiger partial charge in [0.25, 0.3) is 5.69 Å². The molecule has 5 nitrogen and oxygen atoms in total. The maximum atomic E-state index is 13.9. The minimum absolute atomic E-state index is 0.00843. The Bertz CT molecular complexity index is 1240. The lowest BCUT2D eigenvalue weighted by Gasteiger charge is -2.03. The van der Waals surface area contributed by atoms with E-state index in [-0.39, 0.29) is 11.5 Å². The number of hydrogen-bond donors (Lipinski definition) is 0. The van der Waals surface area contributed by atoms with Crippen LogP contribution in [0.1, 0.15) is 5.56 Å². The van der Waals surface area contributed by atoms with Crippen LogP contribution in [0.15, 0.2) is 77.8 Å². The molecular weight excluding hydrogens is 425 g/mol. The van der Waals surface area contributed by atoms with Crippen molar-refractivity contribution in [2.75, 3.05) is 0 Å². The first-order chi connectivity index (χ1) is 14.5. The van der Waals surface area contributed by atoms with Crippen LogP contribution in [0.5, 0.6) is 0 Å². The van der Waals surface area contributed by atoms with E-state index < -0.39 is 4.92 Å². The summed E-state index contributed by atoms with van der Waals surface area (Å²) < 4.78 is 13.9. The Morgan fingerprint density at radius 1 is 1.00 bits per heavy atom. The molecule has 4 rings (SSSR count). The van der Waals surface area contributed by atoms with Crippen LogP contribution in [-0.2, 0) is 0 Å². The molecule has 0 unspecified atom stereocenters. The van der Waals surface area contributed by atoms with Crippen LogP contribution in [0.3, 0.4) is 0 Å². The molecule has 1 aromatic heterocycles. The van der Waals surface area contributed by atoms with E-state index in [1.165, 1.54) is 35.8 Å². The number of rotatable bonds is 5. The van der Waals surface area contributed by atoms with Crippen molar-refractivity contribution in [2.24, 2.45) is 4.99 Å². The Hall–Kier alpha value is -3.42. The zero-order valence-electron chi connectivity index (χ0n) is 15.3. The minimum Gasteiger partial charge on any atom is -0.258 e. The molecule has 0 saturated carbocycles. The fraction of sp³-hybridized carbons (Fsp3) is 0. The largest absolute Gasteiger partial charge is 0.269 e. The quantitative estimate of drug-likeness (QED) is 0.193. The highest BCUT2D eigenvalue weighted by Gasteiger charge is 2.16. The fourth-order valence-corrected chi connectivity index (χ4v) is 3.87. The SMILES string of the molecule is O=[N+]([O-])c1ccc(-c2sc(N=Cc3ccccc3F)nc2-c2ccc(Cl)cc2)cc1. The number of nitrogens with zero attached hydrogens (tertiary/aromatic N) is 3. The van der Waals surface area contributed by atoms with Gasteiger partial charge in [-0.2, -0.15) is 0 Å². The van der Waals surface area contributed by atoms with Gasteiger partial charge in [-0.1, -0.05) is 53.3 Å². The summed E-state index contributed by atoms with van der Waals surface area (Å²) in [5, 5.41) is 12.0. The summed E-state index contributed by atoms with van der Waals surface area (Å²) in [4.78, 5) is 20.3. The summed E-state index contributed by atoms with van der Waals surface area (Å²) >= 11 is 7.32. The maximum absolute atomic E-state index is 13.9. The number of thiazole rings is 1. The van der Waals surface area contributed by atoms with E-state index in [1.54, 1.807) is 42.5 Å². The molecule has 0 fully saturated rings. The van der Waals surface area contributed by atoms with Gasteiger partial charge in [-0.3, -0.25) is 10.1 Å². The van der Waals surface area contributed by atoms with Crippen LogP contribution < -0.4 is 0 Å². The topological polar surface area (TPSA) is 68.4 Å². The third-order valence-electron chi connectivity index (χ3n) is 4.29. The standard InChI is InChI=1S/C22H13ClFN3O2S/c23-17-9-5-14(6-10-17)20-21(15-7-11-18(12-8-15)27(28)29)30-22(26-20)25-13-16-3-1-2-4-19(16)24/h1-13H. The highest BCUT2D eigenvalue weighted by molar-refractivity contribution is 7.19. The number of nitro groups is 1. The van der Waals surface area contributed by atoms with Gasteiger partial charge in [0.1, 0.15) is 5.82 Å². The van der Waals surface area contributed by atoms with Crippen LogP contribution in [0.25, 0.3) is 21.7 Å². The van der Waals surface area contributed by atoms with E-state index in [2.05, 4.69) is 9.98 Å². The highest BCUT2D eigenvalue weighted by atomic mass is 35.5. The molecule has 148 valence electrons. The third kappa shape index (κ3) is 4.27. The Morgan fingerprint density at radius 3 is 2.33 bits per heavy atom. The highest BCUT2D eigenvalue weighted by Crippen LogP contribution is 2.40. The van der Waals surface area contributed by atoms with Gasteiger partial charge < -0.3 is 0 Å². The van der Waals surface area contributed by atoms with Crippen molar-refractivity contribution in [2.45, 2.75) is 0 Å². The number of aliphatic imine (C=N–C) groups is 1. The number of hydrogen-bond acceptors (Lipinski definition) is 5. The normalized spacial score (nSPS) is 11.1. The number of non-ortho nitro benzene ring substituents is 1.